The maximum absolute atomic E-state index is 4.20. The van der Waals surface area contributed by atoms with Gasteiger partial charge in [-0.2, -0.15) is 0 Å². The van der Waals surface area contributed by atoms with Gasteiger partial charge in [0, 0.05) is 44.1 Å². The van der Waals surface area contributed by atoms with E-state index in [0.717, 1.165) is 19.6 Å². The molecule has 0 radical (unpaired) electrons. The minimum absolute atomic E-state index is 0.585. The second kappa shape index (κ2) is 5.61. The molecule has 2 rings (SSSR count). The van der Waals surface area contributed by atoms with Gasteiger partial charge in [-0.25, -0.2) is 0 Å². The molecule has 1 aromatic rings. The highest BCUT2D eigenvalue weighted by Gasteiger charge is 2.27. The number of aromatic nitrogens is 1. The fraction of sp³-hybridized carbons (Fsp3) is 0.643. The number of rotatable bonds is 3. The van der Waals surface area contributed by atoms with E-state index in [9.17, 15) is 0 Å². The first kappa shape index (κ1) is 12.5. The molecule has 0 bridgehead atoms. The van der Waals surface area contributed by atoms with Gasteiger partial charge >= 0.3 is 0 Å². The van der Waals surface area contributed by atoms with E-state index < -0.39 is 0 Å². The lowest BCUT2D eigenvalue weighted by Crippen LogP contribution is -2.56. The van der Waals surface area contributed by atoms with Crippen LogP contribution in [0.2, 0.25) is 0 Å². The second-order valence-corrected chi connectivity index (χ2v) is 5.41. The molecular weight excluding hydrogens is 210 g/mol. The van der Waals surface area contributed by atoms with E-state index in [1.807, 2.05) is 18.5 Å². The van der Waals surface area contributed by atoms with Crippen LogP contribution >= 0.6 is 0 Å². The average Bonchev–Trinajstić information content (AvgIpc) is 2.30. The van der Waals surface area contributed by atoms with Crippen LogP contribution in [0, 0.1) is 5.92 Å². The molecule has 3 heteroatoms. The van der Waals surface area contributed by atoms with E-state index in [4.69, 9.17) is 0 Å². The minimum atomic E-state index is 0.585. The first-order chi connectivity index (χ1) is 8.16. The van der Waals surface area contributed by atoms with E-state index in [2.05, 4.69) is 42.0 Å². The molecule has 0 amide bonds. The van der Waals surface area contributed by atoms with Gasteiger partial charge in [-0.15, -0.1) is 0 Å². The van der Waals surface area contributed by atoms with Crippen LogP contribution in [-0.4, -0.2) is 35.1 Å². The number of nitrogens with zero attached hydrogens (tertiary/aromatic N) is 2. The van der Waals surface area contributed by atoms with Crippen molar-refractivity contribution in [3.8, 4) is 0 Å². The molecule has 0 saturated carbocycles. The molecule has 17 heavy (non-hydrogen) atoms. The summed E-state index contributed by atoms with van der Waals surface area (Å²) >= 11 is 0. The number of piperazine rings is 1. The van der Waals surface area contributed by atoms with Crippen molar-refractivity contribution in [2.24, 2.45) is 5.92 Å². The van der Waals surface area contributed by atoms with Gasteiger partial charge in [0.15, 0.2) is 0 Å². The first-order valence-electron chi connectivity index (χ1n) is 6.53. The van der Waals surface area contributed by atoms with Crippen LogP contribution in [-0.2, 0) is 6.54 Å². The Kier molecular flexibility index (Phi) is 4.13. The Bertz CT molecular complexity index is 337. The lowest BCUT2D eigenvalue weighted by molar-refractivity contribution is 0.0955. The van der Waals surface area contributed by atoms with Gasteiger partial charge in [-0.3, -0.25) is 9.88 Å². The lowest BCUT2D eigenvalue weighted by Gasteiger charge is -2.41. The molecule has 2 unspecified atom stereocenters. The van der Waals surface area contributed by atoms with Crippen molar-refractivity contribution in [2.45, 2.75) is 39.4 Å². The van der Waals surface area contributed by atoms with Crippen molar-refractivity contribution in [3.05, 3.63) is 30.1 Å². The number of hydrogen-bond acceptors (Lipinski definition) is 3. The fourth-order valence-electron chi connectivity index (χ4n) is 2.57. The zero-order chi connectivity index (χ0) is 12.3. The summed E-state index contributed by atoms with van der Waals surface area (Å²) in [6, 6.07) is 5.40. The fourth-order valence-corrected chi connectivity index (χ4v) is 2.57. The molecule has 1 aliphatic heterocycles. The Hall–Kier alpha value is -0.930. The predicted octanol–water partition coefficient (Wildman–Crippen LogP) is 1.90. The number of hydrogen-bond donors (Lipinski definition) is 1. The summed E-state index contributed by atoms with van der Waals surface area (Å²) in [5, 5.41) is 3.57. The van der Waals surface area contributed by atoms with Gasteiger partial charge < -0.3 is 5.32 Å². The van der Waals surface area contributed by atoms with Gasteiger partial charge in [0.05, 0.1) is 0 Å². The Morgan fingerprint density at radius 1 is 1.53 bits per heavy atom. The topological polar surface area (TPSA) is 28.2 Å². The van der Waals surface area contributed by atoms with Crippen LogP contribution in [0.5, 0.6) is 0 Å². The van der Waals surface area contributed by atoms with Gasteiger partial charge in [0.1, 0.15) is 0 Å². The first-order valence-corrected chi connectivity index (χ1v) is 6.53. The third-order valence-corrected chi connectivity index (χ3v) is 3.53. The molecule has 1 fully saturated rings. The molecule has 3 nitrogen and oxygen atoms in total. The number of nitrogens with one attached hydrogen (secondary N) is 1. The van der Waals surface area contributed by atoms with Crippen molar-refractivity contribution >= 4 is 0 Å². The molecule has 0 aromatic carbocycles. The highest BCUT2D eigenvalue weighted by molar-refractivity contribution is 5.09. The molecular formula is C14H23N3. The van der Waals surface area contributed by atoms with Crippen LogP contribution < -0.4 is 5.32 Å². The molecule has 1 N–H and O–H groups in total. The summed E-state index contributed by atoms with van der Waals surface area (Å²) in [5.74, 6) is 0.687. The van der Waals surface area contributed by atoms with Crippen molar-refractivity contribution < 1.29 is 0 Å². The summed E-state index contributed by atoms with van der Waals surface area (Å²) in [6.07, 6.45) is 3.81. The maximum Gasteiger partial charge on any atom is 0.0312 e. The zero-order valence-corrected chi connectivity index (χ0v) is 11.1. The van der Waals surface area contributed by atoms with Gasteiger partial charge in [0.2, 0.25) is 0 Å². The number of pyridine rings is 1. The summed E-state index contributed by atoms with van der Waals surface area (Å²) in [6.45, 7) is 10.1. The molecule has 0 aliphatic carbocycles. The van der Waals surface area contributed by atoms with E-state index in [1.165, 1.54) is 5.56 Å². The molecule has 94 valence electrons. The van der Waals surface area contributed by atoms with Crippen molar-refractivity contribution in [1.29, 1.82) is 0 Å². The Morgan fingerprint density at radius 3 is 3.00 bits per heavy atom. The summed E-state index contributed by atoms with van der Waals surface area (Å²) in [7, 11) is 0. The Labute approximate surface area is 104 Å². The molecule has 1 aromatic heterocycles. The smallest absolute Gasteiger partial charge is 0.0312 e. The van der Waals surface area contributed by atoms with Crippen LogP contribution in [0.25, 0.3) is 0 Å². The summed E-state index contributed by atoms with van der Waals surface area (Å²) in [5.41, 5.74) is 1.31. The van der Waals surface area contributed by atoms with Crippen LogP contribution in [0.3, 0.4) is 0 Å². The van der Waals surface area contributed by atoms with Crippen molar-refractivity contribution in [2.75, 3.05) is 13.1 Å². The third-order valence-electron chi connectivity index (χ3n) is 3.53. The molecule has 1 aliphatic rings. The zero-order valence-electron chi connectivity index (χ0n) is 11.1. The van der Waals surface area contributed by atoms with Crippen LogP contribution in [0.4, 0.5) is 0 Å². The lowest BCUT2D eigenvalue weighted by atomic mass is 9.98. The predicted molar refractivity (Wildman–Crippen MR) is 70.7 cm³/mol. The molecule has 2 heterocycles. The quantitative estimate of drug-likeness (QED) is 0.864. The minimum Gasteiger partial charge on any atom is -0.311 e. The molecule has 0 spiro atoms. The van der Waals surface area contributed by atoms with Crippen molar-refractivity contribution in [1.82, 2.24) is 15.2 Å². The van der Waals surface area contributed by atoms with Gasteiger partial charge in [-0.05, 0) is 24.5 Å². The van der Waals surface area contributed by atoms with Crippen molar-refractivity contribution in [3.63, 3.8) is 0 Å². The highest BCUT2D eigenvalue weighted by atomic mass is 15.2. The normalized spacial score (nSPS) is 26.4. The maximum atomic E-state index is 4.20. The summed E-state index contributed by atoms with van der Waals surface area (Å²) in [4.78, 5) is 6.78. The van der Waals surface area contributed by atoms with E-state index in [0.29, 0.717) is 18.0 Å². The van der Waals surface area contributed by atoms with Crippen LogP contribution in [0.1, 0.15) is 26.3 Å². The van der Waals surface area contributed by atoms with Gasteiger partial charge in [-0.1, -0.05) is 19.9 Å². The van der Waals surface area contributed by atoms with E-state index in [-0.39, 0.29) is 0 Å². The van der Waals surface area contributed by atoms with Crippen LogP contribution in [0.15, 0.2) is 24.5 Å². The second-order valence-electron chi connectivity index (χ2n) is 5.41. The third kappa shape index (κ3) is 3.27. The largest absolute Gasteiger partial charge is 0.311 e. The van der Waals surface area contributed by atoms with Gasteiger partial charge in [0.25, 0.3) is 0 Å². The molecule has 1 saturated heterocycles. The van der Waals surface area contributed by atoms with E-state index >= 15 is 0 Å². The monoisotopic (exact) mass is 233 g/mol. The Balaban J connectivity index is 2.05. The molecule has 2 atom stereocenters. The standard InChI is InChI=1S/C14H23N3/c1-11(2)14-8-16-12(3)9-17(14)10-13-5-4-6-15-7-13/h4-7,11-12,14,16H,8-10H2,1-3H3. The SMILES string of the molecule is CC1CN(Cc2cccnc2)C(C(C)C)CN1. The van der Waals surface area contributed by atoms with E-state index in [1.54, 1.807) is 0 Å². The highest BCUT2D eigenvalue weighted by Crippen LogP contribution is 2.17. The summed E-state index contributed by atoms with van der Waals surface area (Å²) < 4.78 is 0. The average molecular weight is 233 g/mol. The Morgan fingerprint density at radius 2 is 2.35 bits per heavy atom.